The molecule has 2 aromatic carbocycles. The Bertz CT molecular complexity index is 1420. The van der Waals surface area contributed by atoms with Crippen LogP contribution in [-0.2, 0) is 33.6 Å². The van der Waals surface area contributed by atoms with E-state index in [2.05, 4.69) is 10.6 Å². The molecule has 1 heterocycles. The number of nitrogens with one attached hydrogen (secondary N) is 2. The Morgan fingerprint density at radius 1 is 1.23 bits per heavy atom. The van der Waals surface area contributed by atoms with Crippen molar-refractivity contribution in [3.8, 4) is 6.07 Å². The summed E-state index contributed by atoms with van der Waals surface area (Å²) in [4.78, 5) is 26.7. The third-order valence-electron chi connectivity index (χ3n) is 6.60. The van der Waals surface area contributed by atoms with Crippen LogP contribution in [0.5, 0.6) is 0 Å². The maximum absolute atomic E-state index is 14.8. The molecule has 0 saturated carbocycles. The summed E-state index contributed by atoms with van der Waals surface area (Å²) in [5, 5.41) is 14.3. The topological polar surface area (TPSA) is 119 Å². The molecule has 216 valence electrons. The first-order valence-corrected chi connectivity index (χ1v) is 15.0. The number of piperidine rings is 1. The standard InChI is InChI=1S/C27H30Cl2F2N4O4S/c1-3-40(38,39)24-7-6-19(28)11-18(24)14-33-26(37)17-12-22(27(2,30)31)21(23(29)13-17)16-35-10-4-5-20(15-35)34-25(36)8-9-32/h6-7,11-13,20H,3-5,8,10,14-16H2,1-2H3,(H,33,37)(H,34,36)/t20-/m0/s1. The van der Waals surface area contributed by atoms with Gasteiger partial charge in [-0.2, -0.15) is 5.26 Å². The second-order valence-electron chi connectivity index (χ2n) is 9.69. The Kier molecular flexibility index (Phi) is 10.5. The van der Waals surface area contributed by atoms with Crippen molar-refractivity contribution in [3.63, 3.8) is 0 Å². The lowest BCUT2D eigenvalue weighted by Gasteiger charge is -2.34. The number of halogens is 4. The maximum Gasteiger partial charge on any atom is 0.270 e. The minimum absolute atomic E-state index is 0.0168. The highest BCUT2D eigenvalue weighted by atomic mass is 35.5. The Morgan fingerprint density at radius 2 is 1.95 bits per heavy atom. The Balaban J connectivity index is 1.82. The van der Waals surface area contributed by atoms with Gasteiger partial charge in [-0.1, -0.05) is 30.1 Å². The molecule has 13 heteroatoms. The Hall–Kier alpha value is -2.78. The van der Waals surface area contributed by atoms with Gasteiger partial charge >= 0.3 is 0 Å². The van der Waals surface area contributed by atoms with Crippen molar-refractivity contribution in [1.82, 2.24) is 15.5 Å². The molecule has 2 N–H and O–H groups in total. The molecule has 0 radical (unpaired) electrons. The zero-order chi connectivity index (χ0) is 29.7. The summed E-state index contributed by atoms with van der Waals surface area (Å²) in [6.45, 7) is 3.09. The fourth-order valence-corrected chi connectivity index (χ4v) is 6.22. The summed E-state index contributed by atoms with van der Waals surface area (Å²) in [5.41, 5.74) is -0.0702. The number of benzene rings is 2. The van der Waals surface area contributed by atoms with E-state index >= 15 is 0 Å². The van der Waals surface area contributed by atoms with E-state index in [0.717, 1.165) is 13.0 Å². The fraction of sp³-hybridized carbons (Fsp3) is 0.444. The quantitative estimate of drug-likeness (QED) is 0.396. The van der Waals surface area contributed by atoms with Gasteiger partial charge < -0.3 is 10.6 Å². The van der Waals surface area contributed by atoms with Crippen LogP contribution in [0, 0.1) is 11.3 Å². The number of nitriles is 1. The molecule has 1 saturated heterocycles. The van der Waals surface area contributed by atoms with Gasteiger partial charge in [-0.15, -0.1) is 0 Å². The van der Waals surface area contributed by atoms with E-state index in [1.54, 1.807) is 6.07 Å². The van der Waals surface area contributed by atoms with E-state index in [1.807, 2.05) is 4.90 Å². The van der Waals surface area contributed by atoms with Crippen LogP contribution in [0.25, 0.3) is 0 Å². The zero-order valence-electron chi connectivity index (χ0n) is 22.1. The summed E-state index contributed by atoms with van der Waals surface area (Å²) >= 11 is 12.5. The molecule has 8 nitrogen and oxygen atoms in total. The predicted octanol–water partition coefficient (Wildman–Crippen LogP) is 4.82. The largest absolute Gasteiger partial charge is 0.351 e. The van der Waals surface area contributed by atoms with Gasteiger partial charge in [-0.3, -0.25) is 14.5 Å². The second-order valence-corrected chi connectivity index (χ2v) is 12.8. The van der Waals surface area contributed by atoms with Crippen LogP contribution >= 0.6 is 23.2 Å². The molecule has 40 heavy (non-hydrogen) atoms. The molecule has 0 bridgehead atoms. The Morgan fingerprint density at radius 3 is 2.60 bits per heavy atom. The second kappa shape index (κ2) is 13.3. The summed E-state index contributed by atoms with van der Waals surface area (Å²) in [5.74, 6) is -4.57. The first-order chi connectivity index (χ1) is 18.7. The number of rotatable bonds is 10. The van der Waals surface area contributed by atoms with Gasteiger partial charge in [0.25, 0.3) is 11.8 Å². The van der Waals surface area contributed by atoms with Gasteiger partial charge in [0.15, 0.2) is 9.84 Å². The van der Waals surface area contributed by atoms with Crippen LogP contribution in [-0.4, -0.2) is 50.0 Å². The molecular weight excluding hydrogens is 585 g/mol. The highest BCUT2D eigenvalue weighted by Gasteiger charge is 2.32. The van der Waals surface area contributed by atoms with E-state index in [1.165, 1.54) is 31.2 Å². The third kappa shape index (κ3) is 8.13. The number of alkyl halides is 2. The number of carbonyl (C=O) groups is 2. The molecule has 1 aliphatic rings. The molecule has 1 fully saturated rings. The number of hydrogen-bond donors (Lipinski definition) is 2. The Labute approximate surface area is 242 Å². The smallest absolute Gasteiger partial charge is 0.270 e. The van der Waals surface area contributed by atoms with Crippen molar-refractivity contribution in [2.75, 3.05) is 18.8 Å². The number of hydrogen-bond acceptors (Lipinski definition) is 6. The number of nitrogens with zero attached hydrogens (tertiary/aromatic N) is 2. The molecule has 0 aliphatic carbocycles. The van der Waals surface area contributed by atoms with Crippen LogP contribution in [0.1, 0.15) is 60.2 Å². The number of carbonyl (C=O) groups excluding carboxylic acids is 2. The van der Waals surface area contributed by atoms with Gasteiger partial charge in [-0.25, -0.2) is 17.2 Å². The van der Waals surface area contributed by atoms with Crippen molar-refractivity contribution in [2.24, 2.45) is 0 Å². The van der Waals surface area contributed by atoms with Gasteiger partial charge in [0.2, 0.25) is 5.91 Å². The monoisotopic (exact) mass is 614 g/mol. The summed E-state index contributed by atoms with van der Waals surface area (Å²) in [6, 6.07) is 8.20. The zero-order valence-corrected chi connectivity index (χ0v) is 24.4. The lowest BCUT2D eigenvalue weighted by molar-refractivity contribution is -0.121. The van der Waals surface area contributed by atoms with E-state index < -0.39 is 27.2 Å². The van der Waals surface area contributed by atoms with E-state index in [0.29, 0.717) is 25.9 Å². The number of amides is 2. The highest BCUT2D eigenvalue weighted by molar-refractivity contribution is 7.91. The molecule has 0 spiro atoms. The van der Waals surface area contributed by atoms with Crippen LogP contribution in [0.3, 0.4) is 0 Å². The van der Waals surface area contributed by atoms with E-state index in [-0.39, 0.29) is 68.8 Å². The molecule has 3 rings (SSSR count). The molecular formula is C27H30Cl2F2N4O4S. The molecule has 1 atom stereocenters. The normalized spacial score (nSPS) is 16.3. The first kappa shape index (κ1) is 31.7. The summed E-state index contributed by atoms with van der Waals surface area (Å²) < 4.78 is 54.4. The first-order valence-electron chi connectivity index (χ1n) is 12.6. The SMILES string of the molecule is CCS(=O)(=O)c1ccc(Cl)cc1CNC(=O)c1cc(Cl)c(CN2CCC[C@H](NC(=O)CC#N)C2)c(C(C)(F)F)c1. The average molecular weight is 616 g/mol. The predicted molar refractivity (Wildman–Crippen MR) is 148 cm³/mol. The van der Waals surface area contributed by atoms with Crippen molar-refractivity contribution in [3.05, 3.63) is 62.6 Å². The summed E-state index contributed by atoms with van der Waals surface area (Å²) in [6.07, 6.45) is 1.16. The third-order valence-corrected chi connectivity index (χ3v) is 9.00. The van der Waals surface area contributed by atoms with Crippen molar-refractivity contribution < 1.29 is 26.8 Å². The number of sulfone groups is 1. The fourth-order valence-electron chi connectivity index (χ4n) is 4.63. The van der Waals surface area contributed by atoms with Gasteiger partial charge in [0.05, 0.1) is 16.7 Å². The van der Waals surface area contributed by atoms with Crippen molar-refractivity contribution >= 4 is 44.9 Å². The van der Waals surface area contributed by atoms with Crippen molar-refractivity contribution in [1.29, 1.82) is 5.26 Å². The van der Waals surface area contributed by atoms with E-state index in [9.17, 15) is 26.8 Å². The molecule has 0 aromatic heterocycles. The van der Waals surface area contributed by atoms with Crippen LogP contribution < -0.4 is 10.6 Å². The van der Waals surface area contributed by atoms with Gasteiger partial charge in [0, 0.05) is 53.8 Å². The lowest BCUT2D eigenvalue weighted by Crippen LogP contribution is -2.47. The molecule has 2 amide bonds. The van der Waals surface area contributed by atoms with Crippen LogP contribution in [0.4, 0.5) is 8.78 Å². The molecule has 0 unspecified atom stereocenters. The average Bonchev–Trinajstić information content (AvgIpc) is 2.87. The van der Waals surface area contributed by atoms with Crippen LogP contribution in [0.15, 0.2) is 35.2 Å². The lowest BCUT2D eigenvalue weighted by atomic mass is 9.97. The molecule has 1 aliphatic heterocycles. The van der Waals surface area contributed by atoms with Crippen molar-refractivity contribution in [2.45, 2.75) is 63.1 Å². The molecule has 2 aromatic rings. The highest BCUT2D eigenvalue weighted by Crippen LogP contribution is 2.36. The number of likely N-dealkylation sites (tertiary alicyclic amines) is 1. The maximum atomic E-state index is 14.8. The van der Waals surface area contributed by atoms with Gasteiger partial charge in [-0.05, 0) is 60.8 Å². The van der Waals surface area contributed by atoms with Crippen LogP contribution in [0.2, 0.25) is 10.0 Å². The van der Waals surface area contributed by atoms with Gasteiger partial charge in [0.1, 0.15) is 6.42 Å². The minimum atomic E-state index is -3.60. The summed E-state index contributed by atoms with van der Waals surface area (Å²) in [7, 11) is -3.60. The minimum Gasteiger partial charge on any atom is -0.351 e. The van der Waals surface area contributed by atoms with E-state index in [4.69, 9.17) is 28.5 Å².